The molecule has 90 valence electrons. The highest BCUT2D eigenvalue weighted by Crippen LogP contribution is 2.32. The summed E-state index contributed by atoms with van der Waals surface area (Å²) in [5.41, 5.74) is 0.789. The number of hydrogen-bond acceptors (Lipinski definition) is 2. The van der Waals surface area contributed by atoms with Gasteiger partial charge in [-0.1, -0.05) is 33.1 Å². The van der Waals surface area contributed by atoms with Gasteiger partial charge in [0.2, 0.25) is 0 Å². The SMILES string of the molecule is CCCO[SiH](OCCC)C1CCCCC1. The van der Waals surface area contributed by atoms with Crippen molar-refractivity contribution in [1.29, 1.82) is 0 Å². The summed E-state index contributed by atoms with van der Waals surface area (Å²) >= 11 is 0. The van der Waals surface area contributed by atoms with Crippen molar-refractivity contribution >= 4 is 9.28 Å². The highest BCUT2D eigenvalue weighted by atomic mass is 28.3. The Morgan fingerprint density at radius 2 is 1.47 bits per heavy atom. The van der Waals surface area contributed by atoms with Crippen LogP contribution in [0.1, 0.15) is 58.8 Å². The van der Waals surface area contributed by atoms with Crippen LogP contribution in [0.3, 0.4) is 0 Å². The lowest BCUT2D eigenvalue weighted by Gasteiger charge is -2.28. The molecule has 0 aliphatic heterocycles. The molecule has 0 bridgehead atoms. The summed E-state index contributed by atoms with van der Waals surface area (Å²) in [5.74, 6) is 0. The van der Waals surface area contributed by atoms with E-state index in [1.165, 1.54) is 32.1 Å². The van der Waals surface area contributed by atoms with E-state index in [0.717, 1.165) is 31.6 Å². The molecule has 0 aromatic carbocycles. The zero-order chi connectivity index (χ0) is 10.9. The first kappa shape index (κ1) is 13.2. The van der Waals surface area contributed by atoms with E-state index >= 15 is 0 Å². The van der Waals surface area contributed by atoms with E-state index < -0.39 is 9.28 Å². The van der Waals surface area contributed by atoms with Crippen molar-refractivity contribution in [3.8, 4) is 0 Å². The van der Waals surface area contributed by atoms with E-state index in [1.54, 1.807) is 0 Å². The fourth-order valence-electron chi connectivity index (χ4n) is 2.19. The highest BCUT2D eigenvalue weighted by Gasteiger charge is 2.27. The Morgan fingerprint density at radius 3 is 1.93 bits per heavy atom. The molecule has 0 radical (unpaired) electrons. The Balaban J connectivity index is 2.30. The fourth-order valence-corrected chi connectivity index (χ4v) is 4.79. The van der Waals surface area contributed by atoms with Crippen LogP contribution in [0.5, 0.6) is 0 Å². The molecule has 1 aliphatic rings. The maximum atomic E-state index is 5.95. The van der Waals surface area contributed by atoms with Gasteiger partial charge < -0.3 is 8.85 Å². The first-order valence-electron chi connectivity index (χ1n) is 6.61. The van der Waals surface area contributed by atoms with Crippen molar-refractivity contribution in [2.45, 2.75) is 64.3 Å². The largest absolute Gasteiger partial charge is 0.396 e. The molecule has 0 amide bonds. The van der Waals surface area contributed by atoms with E-state index in [-0.39, 0.29) is 0 Å². The third-order valence-electron chi connectivity index (χ3n) is 3.01. The second-order valence-corrected chi connectivity index (χ2v) is 6.85. The average molecular weight is 230 g/mol. The molecule has 2 nitrogen and oxygen atoms in total. The van der Waals surface area contributed by atoms with Crippen LogP contribution >= 0.6 is 0 Å². The minimum absolute atomic E-state index is 0.789. The molecule has 0 heterocycles. The van der Waals surface area contributed by atoms with Crippen LogP contribution < -0.4 is 0 Å². The molecule has 15 heavy (non-hydrogen) atoms. The molecule has 1 saturated carbocycles. The van der Waals surface area contributed by atoms with E-state index in [0.29, 0.717) is 0 Å². The number of hydrogen-bond donors (Lipinski definition) is 0. The molecule has 0 saturated heterocycles. The molecule has 0 aromatic rings. The summed E-state index contributed by atoms with van der Waals surface area (Å²) < 4.78 is 11.9. The lowest BCUT2D eigenvalue weighted by molar-refractivity contribution is 0.180. The fraction of sp³-hybridized carbons (Fsp3) is 1.00. The Kier molecular flexibility index (Phi) is 7.31. The van der Waals surface area contributed by atoms with Crippen molar-refractivity contribution in [2.75, 3.05) is 13.2 Å². The van der Waals surface area contributed by atoms with Gasteiger partial charge in [0.05, 0.1) is 0 Å². The summed E-state index contributed by atoms with van der Waals surface area (Å²) in [5, 5.41) is 0. The maximum Gasteiger partial charge on any atom is 0.324 e. The predicted molar refractivity (Wildman–Crippen MR) is 66.5 cm³/mol. The monoisotopic (exact) mass is 230 g/mol. The van der Waals surface area contributed by atoms with Gasteiger partial charge in [-0.25, -0.2) is 0 Å². The van der Waals surface area contributed by atoms with Gasteiger partial charge in [0.25, 0.3) is 0 Å². The first-order chi connectivity index (χ1) is 7.38. The summed E-state index contributed by atoms with van der Waals surface area (Å²) in [6.45, 7) is 6.15. The number of rotatable bonds is 7. The van der Waals surface area contributed by atoms with Crippen LogP contribution in [0.15, 0.2) is 0 Å². The van der Waals surface area contributed by atoms with Gasteiger partial charge in [-0.3, -0.25) is 0 Å². The Labute approximate surface area is 96.2 Å². The predicted octanol–water partition coefficient (Wildman–Crippen LogP) is 3.39. The molecule has 1 rings (SSSR count). The van der Waals surface area contributed by atoms with Gasteiger partial charge in [0.15, 0.2) is 0 Å². The second kappa shape index (κ2) is 8.31. The molecular weight excluding hydrogens is 204 g/mol. The standard InChI is InChI=1S/C12H26O2Si/c1-3-10-13-15(14-11-4-2)12-8-6-5-7-9-12/h12,15H,3-11H2,1-2H3. The molecule has 0 atom stereocenters. The summed E-state index contributed by atoms with van der Waals surface area (Å²) in [4.78, 5) is 0. The van der Waals surface area contributed by atoms with Crippen LogP contribution in [0.25, 0.3) is 0 Å². The molecule has 0 N–H and O–H groups in total. The van der Waals surface area contributed by atoms with Gasteiger partial charge in [-0.05, 0) is 31.2 Å². The van der Waals surface area contributed by atoms with Crippen LogP contribution in [-0.4, -0.2) is 22.5 Å². The highest BCUT2D eigenvalue weighted by molar-refractivity contribution is 6.46. The van der Waals surface area contributed by atoms with E-state index in [4.69, 9.17) is 8.85 Å². The molecular formula is C12H26O2Si. The summed E-state index contributed by atoms with van der Waals surface area (Å²) in [6.07, 6.45) is 9.13. The minimum Gasteiger partial charge on any atom is -0.396 e. The molecule has 3 heteroatoms. The summed E-state index contributed by atoms with van der Waals surface area (Å²) in [6, 6.07) is 0. The van der Waals surface area contributed by atoms with E-state index in [1.807, 2.05) is 0 Å². The zero-order valence-electron chi connectivity index (χ0n) is 10.3. The zero-order valence-corrected chi connectivity index (χ0v) is 11.5. The smallest absolute Gasteiger partial charge is 0.324 e. The van der Waals surface area contributed by atoms with Crippen molar-refractivity contribution in [3.05, 3.63) is 0 Å². The van der Waals surface area contributed by atoms with Gasteiger partial charge in [0, 0.05) is 13.2 Å². The second-order valence-electron chi connectivity index (χ2n) is 4.51. The normalized spacial score (nSPS) is 18.6. The average Bonchev–Trinajstić information content (AvgIpc) is 2.30. The van der Waals surface area contributed by atoms with Crippen molar-refractivity contribution < 1.29 is 8.85 Å². The van der Waals surface area contributed by atoms with Gasteiger partial charge in [-0.2, -0.15) is 0 Å². The van der Waals surface area contributed by atoms with Gasteiger partial charge in [0.1, 0.15) is 0 Å². The maximum absolute atomic E-state index is 5.95. The summed E-state index contributed by atoms with van der Waals surface area (Å²) in [7, 11) is -1.35. The van der Waals surface area contributed by atoms with E-state index in [2.05, 4.69) is 13.8 Å². The molecule has 0 aromatic heterocycles. The first-order valence-corrected chi connectivity index (χ1v) is 8.22. The third-order valence-corrected chi connectivity index (χ3v) is 5.57. The lowest BCUT2D eigenvalue weighted by atomic mass is 10.0. The van der Waals surface area contributed by atoms with Gasteiger partial charge >= 0.3 is 9.28 Å². The van der Waals surface area contributed by atoms with Crippen LogP contribution in [0.2, 0.25) is 5.54 Å². The van der Waals surface area contributed by atoms with Crippen LogP contribution in [0, 0.1) is 0 Å². The van der Waals surface area contributed by atoms with Crippen LogP contribution in [-0.2, 0) is 8.85 Å². The topological polar surface area (TPSA) is 18.5 Å². The van der Waals surface area contributed by atoms with Crippen molar-refractivity contribution in [3.63, 3.8) is 0 Å². The molecule has 1 aliphatic carbocycles. The Hall–Kier alpha value is 0.137. The molecule has 0 spiro atoms. The van der Waals surface area contributed by atoms with Crippen molar-refractivity contribution in [1.82, 2.24) is 0 Å². The third kappa shape index (κ3) is 5.14. The minimum atomic E-state index is -1.35. The molecule has 0 unspecified atom stereocenters. The van der Waals surface area contributed by atoms with Crippen molar-refractivity contribution in [2.24, 2.45) is 0 Å². The van der Waals surface area contributed by atoms with Crippen LogP contribution in [0.4, 0.5) is 0 Å². The van der Waals surface area contributed by atoms with Gasteiger partial charge in [-0.15, -0.1) is 0 Å². The quantitative estimate of drug-likeness (QED) is 0.624. The Bertz CT molecular complexity index is 139. The lowest BCUT2D eigenvalue weighted by Crippen LogP contribution is -2.31. The van der Waals surface area contributed by atoms with E-state index in [9.17, 15) is 0 Å². The molecule has 1 fully saturated rings. The Morgan fingerprint density at radius 1 is 0.933 bits per heavy atom.